The monoisotopic (exact) mass is 365 g/mol. The number of hydrazine groups is 1. The van der Waals surface area contributed by atoms with E-state index in [9.17, 15) is 9.18 Å². The molecule has 6 heteroatoms. The van der Waals surface area contributed by atoms with Gasteiger partial charge in [-0.2, -0.15) is 0 Å². The first-order chi connectivity index (χ1) is 13.0. The number of ether oxygens (including phenoxy) is 1. The molecule has 0 aliphatic rings. The normalized spacial score (nSPS) is 10.5. The summed E-state index contributed by atoms with van der Waals surface area (Å²) in [5.74, 6) is 5.22. The molecule has 0 bridgehead atoms. The lowest BCUT2D eigenvalue weighted by molar-refractivity contribution is 0.0953. The summed E-state index contributed by atoms with van der Waals surface area (Å²) in [5.41, 5.74) is 6.60. The lowest BCUT2D eigenvalue weighted by Gasteiger charge is -2.10. The van der Waals surface area contributed by atoms with Crippen LogP contribution in [-0.4, -0.2) is 10.9 Å². The van der Waals surface area contributed by atoms with E-state index in [1.807, 2.05) is 31.2 Å². The van der Waals surface area contributed by atoms with Crippen molar-refractivity contribution in [3.63, 3.8) is 0 Å². The fraction of sp³-hybridized carbons (Fsp3) is 0.143. The molecule has 0 atom stereocenters. The fourth-order valence-corrected chi connectivity index (χ4v) is 2.75. The van der Waals surface area contributed by atoms with Crippen molar-refractivity contribution in [2.24, 2.45) is 5.84 Å². The number of halogens is 1. The van der Waals surface area contributed by atoms with Crippen molar-refractivity contribution in [1.82, 2.24) is 10.4 Å². The van der Waals surface area contributed by atoms with Crippen molar-refractivity contribution in [2.75, 3.05) is 0 Å². The van der Waals surface area contributed by atoms with E-state index in [2.05, 4.69) is 10.4 Å². The average molecular weight is 365 g/mol. The molecule has 138 valence electrons. The first-order valence-electron chi connectivity index (χ1n) is 8.44. The number of rotatable bonds is 5. The van der Waals surface area contributed by atoms with Crippen LogP contribution >= 0.6 is 0 Å². The van der Waals surface area contributed by atoms with Gasteiger partial charge in [-0.15, -0.1) is 0 Å². The molecule has 0 spiro atoms. The third kappa shape index (κ3) is 4.30. The highest BCUT2D eigenvalue weighted by molar-refractivity contribution is 5.95. The minimum atomic E-state index is -0.330. The maximum Gasteiger partial charge on any atom is 0.265 e. The van der Waals surface area contributed by atoms with Crippen LogP contribution in [0.5, 0.6) is 5.75 Å². The van der Waals surface area contributed by atoms with Crippen molar-refractivity contribution in [2.45, 2.75) is 20.5 Å². The average Bonchev–Trinajstić information content (AvgIpc) is 2.68. The number of nitrogens with two attached hydrogens (primary N) is 1. The molecule has 2 aromatic carbocycles. The Labute approximate surface area is 157 Å². The number of nitrogen functional groups attached to an aromatic ring is 1. The van der Waals surface area contributed by atoms with E-state index in [0.717, 1.165) is 22.4 Å². The number of amides is 1. The van der Waals surface area contributed by atoms with Crippen LogP contribution in [0.1, 0.15) is 27.0 Å². The van der Waals surface area contributed by atoms with Crippen molar-refractivity contribution in [3.05, 3.63) is 82.8 Å². The summed E-state index contributed by atoms with van der Waals surface area (Å²) in [6, 6.07) is 13.9. The SMILES string of the molecule is Cc1cc(OCc2ccnc(-c3ccc(C(=O)NN)c(C)c3)c2)ccc1F. The van der Waals surface area contributed by atoms with Crippen LogP contribution < -0.4 is 16.0 Å². The second-order valence-electron chi connectivity index (χ2n) is 6.25. The van der Waals surface area contributed by atoms with Crippen LogP contribution in [-0.2, 0) is 6.61 Å². The van der Waals surface area contributed by atoms with Gasteiger partial charge in [-0.25, -0.2) is 10.2 Å². The fourth-order valence-electron chi connectivity index (χ4n) is 2.75. The predicted molar refractivity (Wildman–Crippen MR) is 102 cm³/mol. The van der Waals surface area contributed by atoms with Crippen LogP contribution in [0.15, 0.2) is 54.7 Å². The molecule has 0 saturated heterocycles. The van der Waals surface area contributed by atoms with E-state index in [1.54, 1.807) is 31.3 Å². The van der Waals surface area contributed by atoms with Gasteiger partial charge in [0.15, 0.2) is 0 Å². The minimum absolute atomic E-state index is 0.254. The Morgan fingerprint density at radius 3 is 2.63 bits per heavy atom. The largest absolute Gasteiger partial charge is 0.489 e. The van der Waals surface area contributed by atoms with E-state index in [-0.39, 0.29) is 11.7 Å². The second kappa shape index (κ2) is 7.97. The Hall–Kier alpha value is -3.25. The van der Waals surface area contributed by atoms with Crippen molar-refractivity contribution < 1.29 is 13.9 Å². The number of nitrogens with one attached hydrogen (secondary N) is 1. The molecular formula is C21H20FN3O2. The molecule has 3 aromatic rings. The van der Waals surface area contributed by atoms with E-state index in [4.69, 9.17) is 10.6 Å². The summed E-state index contributed by atoms with van der Waals surface area (Å²) in [6.45, 7) is 3.88. The topological polar surface area (TPSA) is 77.2 Å². The summed E-state index contributed by atoms with van der Waals surface area (Å²) in [7, 11) is 0. The number of aryl methyl sites for hydroxylation is 2. The van der Waals surface area contributed by atoms with Crippen molar-refractivity contribution >= 4 is 5.91 Å². The zero-order valence-corrected chi connectivity index (χ0v) is 15.1. The molecule has 5 nitrogen and oxygen atoms in total. The van der Waals surface area contributed by atoms with Gasteiger partial charge in [-0.3, -0.25) is 15.2 Å². The number of hydrogen-bond donors (Lipinski definition) is 2. The van der Waals surface area contributed by atoms with Gasteiger partial charge < -0.3 is 4.74 Å². The van der Waals surface area contributed by atoms with Gasteiger partial charge in [-0.05, 0) is 73.0 Å². The molecule has 0 saturated carbocycles. The van der Waals surface area contributed by atoms with Crippen LogP contribution in [0, 0.1) is 19.7 Å². The van der Waals surface area contributed by atoms with Gasteiger partial charge in [-0.1, -0.05) is 6.07 Å². The predicted octanol–water partition coefficient (Wildman–Crippen LogP) is 3.69. The molecule has 1 amide bonds. The molecule has 0 unspecified atom stereocenters. The lowest BCUT2D eigenvalue weighted by atomic mass is 10.0. The van der Waals surface area contributed by atoms with Crippen LogP contribution in [0.4, 0.5) is 4.39 Å². The molecule has 0 aliphatic carbocycles. The number of carbonyl (C=O) groups is 1. The quantitative estimate of drug-likeness (QED) is 0.411. The van der Waals surface area contributed by atoms with Crippen LogP contribution in [0.25, 0.3) is 11.3 Å². The van der Waals surface area contributed by atoms with Gasteiger partial charge in [0.05, 0.1) is 5.69 Å². The number of pyridine rings is 1. The van der Waals surface area contributed by atoms with E-state index >= 15 is 0 Å². The zero-order chi connectivity index (χ0) is 19.4. The number of nitrogens with zero attached hydrogens (tertiary/aromatic N) is 1. The molecule has 1 heterocycles. The van der Waals surface area contributed by atoms with Gasteiger partial charge in [0.1, 0.15) is 18.2 Å². The Morgan fingerprint density at radius 1 is 1.11 bits per heavy atom. The number of carbonyl (C=O) groups excluding carboxylic acids is 1. The Kier molecular flexibility index (Phi) is 5.47. The third-order valence-electron chi connectivity index (χ3n) is 4.26. The molecule has 0 fully saturated rings. The van der Waals surface area contributed by atoms with Gasteiger partial charge in [0, 0.05) is 17.3 Å². The Balaban J connectivity index is 1.78. The highest BCUT2D eigenvalue weighted by Gasteiger charge is 2.10. The first kappa shape index (κ1) is 18.5. The Bertz CT molecular complexity index is 989. The second-order valence-corrected chi connectivity index (χ2v) is 6.25. The number of aromatic nitrogens is 1. The standard InChI is InChI=1S/C21H20FN3O2/c1-13-9-16(3-5-18(13)21(26)25-23)20-11-15(7-8-24-20)12-27-17-4-6-19(22)14(2)10-17/h3-11H,12,23H2,1-2H3,(H,25,26). The summed E-state index contributed by atoms with van der Waals surface area (Å²) in [4.78, 5) is 16.1. The number of hydrogen-bond acceptors (Lipinski definition) is 4. The molecule has 27 heavy (non-hydrogen) atoms. The van der Waals surface area contributed by atoms with E-state index in [1.165, 1.54) is 6.07 Å². The molecular weight excluding hydrogens is 345 g/mol. The summed E-state index contributed by atoms with van der Waals surface area (Å²) >= 11 is 0. The first-order valence-corrected chi connectivity index (χ1v) is 8.44. The smallest absolute Gasteiger partial charge is 0.265 e. The minimum Gasteiger partial charge on any atom is -0.489 e. The van der Waals surface area contributed by atoms with Crippen molar-refractivity contribution in [3.8, 4) is 17.0 Å². The van der Waals surface area contributed by atoms with Gasteiger partial charge in [0.2, 0.25) is 0 Å². The summed E-state index contributed by atoms with van der Waals surface area (Å²) < 4.78 is 19.1. The third-order valence-corrected chi connectivity index (χ3v) is 4.26. The molecule has 3 rings (SSSR count). The van der Waals surface area contributed by atoms with Crippen molar-refractivity contribution in [1.29, 1.82) is 0 Å². The van der Waals surface area contributed by atoms with Gasteiger partial charge >= 0.3 is 0 Å². The summed E-state index contributed by atoms with van der Waals surface area (Å²) in [5, 5.41) is 0. The molecule has 0 aliphatic heterocycles. The molecule has 0 radical (unpaired) electrons. The lowest BCUT2D eigenvalue weighted by Crippen LogP contribution is -2.30. The molecule has 3 N–H and O–H groups in total. The maximum atomic E-state index is 13.3. The van der Waals surface area contributed by atoms with Crippen LogP contribution in [0.2, 0.25) is 0 Å². The van der Waals surface area contributed by atoms with Crippen LogP contribution in [0.3, 0.4) is 0 Å². The molecule has 1 aromatic heterocycles. The summed E-state index contributed by atoms with van der Waals surface area (Å²) in [6.07, 6.45) is 1.71. The number of benzene rings is 2. The maximum absolute atomic E-state index is 13.3. The highest BCUT2D eigenvalue weighted by Crippen LogP contribution is 2.23. The zero-order valence-electron chi connectivity index (χ0n) is 15.1. The Morgan fingerprint density at radius 2 is 1.93 bits per heavy atom. The van der Waals surface area contributed by atoms with E-state index in [0.29, 0.717) is 23.5 Å². The van der Waals surface area contributed by atoms with E-state index < -0.39 is 0 Å². The van der Waals surface area contributed by atoms with Gasteiger partial charge in [0.25, 0.3) is 5.91 Å². The highest BCUT2D eigenvalue weighted by atomic mass is 19.1.